The molecular weight excluding hydrogens is 1500 g/mol. The molecule has 0 fully saturated rings. The number of pyridine rings is 2. The monoisotopic (exact) mass is 1600 g/mol. The topological polar surface area (TPSA) is 354 Å². The van der Waals surface area contributed by atoms with Gasteiger partial charge in [0.15, 0.2) is 0 Å². The van der Waals surface area contributed by atoms with Crippen LogP contribution in [0.5, 0.6) is 11.5 Å². The number of carbonyl (C=O) groups is 8. The molecule has 26 nitrogen and oxygen atoms in total. The van der Waals surface area contributed by atoms with E-state index in [1.165, 1.54) is 0 Å². The Morgan fingerprint density at radius 2 is 0.746 bits per heavy atom. The van der Waals surface area contributed by atoms with E-state index in [0.717, 1.165) is 66.1 Å². The summed E-state index contributed by atoms with van der Waals surface area (Å²) in [4.78, 5) is 113. The molecule has 10 rings (SSSR count). The number of fused-ring (bicyclic) bond motifs is 2. The maximum atomic E-state index is 14.2. The number of hydrogen-bond acceptors (Lipinski definition) is 18. The van der Waals surface area contributed by atoms with E-state index in [0.29, 0.717) is 60.2 Å². The van der Waals surface area contributed by atoms with Crippen LogP contribution in [0.15, 0.2) is 219 Å². The van der Waals surface area contributed by atoms with E-state index in [9.17, 15) is 48.6 Å². The van der Waals surface area contributed by atoms with Crippen LogP contribution in [0.25, 0.3) is 43.8 Å². The minimum absolute atomic E-state index is 0.00200. The second kappa shape index (κ2) is 47.4. The Morgan fingerprint density at radius 1 is 0.373 bits per heavy atom. The van der Waals surface area contributed by atoms with Gasteiger partial charge in [-0.3, -0.25) is 38.4 Å². The molecule has 4 atom stereocenters. The van der Waals surface area contributed by atoms with Gasteiger partial charge in [-0.25, -0.2) is 9.97 Å². The van der Waals surface area contributed by atoms with Crippen LogP contribution in [0.1, 0.15) is 96.8 Å². The predicted molar refractivity (Wildman–Crippen MR) is 452 cm³/mol. The summed E-state index contributed by atoms with van der Waals surface area (Å²) in [6, 6.07) is 61.2. The van der Waals surface area contributed by atoms with Gasteiger partial charge in [-0.15, -0.1) is 0 Å². The SMILES string of the molecule is Cc1ccnc(NCCCC(=O)N[C@@H](Cc2ccc(OCCOCCOCCNC(=O)CCC(=O)NCCOCCOCCOc3ccc(C[C@H](NC(=O)CCCNc4cc(C)ccn4)C(=O)NC(CC(=O)O)c4ccc(-c5cccc6ccccc56)cc4)cc3)cc2)C(=O)NC(CC(=O)O)c2ccc(-c3cccc4ccccc34)cc2)c1. The van der Waals surface area contributed by atoms with Crippen LogP contribution < -0.4 is 52.0 Å². The van der Waals surface area contributed by atoms with Crippen LogP contribution in [0.3, 0.4) is 0 Å². The fourth-order valence-electron chi connectivity index (χ4n) is 13.2. The van der Waals surface area contributed by atoms with Crippen molar-refractivity contribution in [1.82, 2.24) is 41.9 Å². The quantitative estimate of drug-likeness (QED) is 0.0158. The van der Waals surface area contributed by atoms with Gasteiger partial charge in [-0.2, -0.15) is 0 Å². The van der Waals surface area contributed by atoms with Gasteiger partial charge in [0.2, 0.25) is 35.4 Å². The average Bonchev–Trinajstić information content (AvgIpc) is 0.809. The van der Waals surface area contributed by atoms with Gasteiger partial charge in [-0.05, 0) is 152 Å². The number of nitrogens with zero attached hydrogens (tertiary/aromatic N) is 2. The van der Waals surface area contributed by atoms with Crippen LogP contribution in [-0.4, -0.2) is 172 Å². The third-order valence-corrected chi connectivity index (χ3v) is 19.3. The van der Waals surface area contributed by atoms with E-state index in [2.05, 4.69) is 64.6 Å². The molecule has 0 saturated carbocycles. The zero-order chi connectivity index (χ0) is 83.1. The predicted octanol–water partition coefficient (Wildman–Crippen LogP) is 11.8. The number of anilines is 2. The molecule has 6 amide bonds. The minimum atomic E-state index is -1.10. The molecule has 618 valence electrons. The Hall–Kier alpha value is -12.6. The fourth-order valence-corrected chi connectivity index (χ4v) is 13.2. The number of benzene rings is 8. The standard InChI is InChI=1S/C92H104N10O16/c1-63-39-43-95-83(57-63)93-41-9-19-87(105)99-81(91(111)101-79(61-89(107)108)71-29-25-69(26-30-71)77-17-7-13-67-11-3-5-15-75(67)77)59-65-21-33-73(34-22-65)117-55-53-115-51-49-113-47-45-97-85(103)37-38-86(104)98-46-48-114-50-52-116-54-56-118-74-35-23-66(24-36-74)60-82(100-88(106)20-10-42-94-84-58-64(2)40-44-96-84)92(112)102-80(62-90(109)110)72-31-27-70(28-32-72)78-18-8-14-68-12-4-6-16-76(68)78/h3-8,11-18,21-36,39-40,43-44,57-58,79-82H,9-10,19-20,37-38,41-42,45-56,59-62H2,1-2H3,(H,93,95)(H,94,96)(H,97,103)(H,98,104)(H,99,105)(H,100,106)(H,101,111)(H,102,112)(H,107,108)(H,109,110)/t79?,80?,81-,82-/m0/s1. The summed E-state index contributed by atoms with van der Waals surface area (Å²) in [7, 11) is 0. The Bertz CT molecular complexity index is 4580. The molecule has 10 N–H and O–H groups in total. The normalized spacial score (nSPS) is 12.1. The van der Waals surface area contributed by atoms with E-state index < -0.39 is 47.9 Å². The molecule has 0 saturated heterocycles. The van der Waals surface area contributed by atoms with E-state index in [1.807, 2.05) is 159 Å². The number of aryl methyl sites for hydroxylation is 2. The largest absolute Gasteiger partial charge is 0.491 e. The number of carboxylic acids is 2. The highest BCUT2D eigenvalue weighted by atomic mass is 16.6. The first-order chi connectivity index (χ1) is 57.4. The van der Waals surface area contributed by atoms with E-state index in [4.69, 9.17) is 28.4 Å². The van der Waals surface area contributed by atoms with Gasteiger partial charge in [0.05, 0.1) is 77.8 Å². The first-order valence-electron chi connectivity index (χ1n) is 39.9. The van der Waals surface area contributed by atoms with Crippen molar-refractivity contribution in [2.24, 2.45) is 0 Å². The van der Waals surface area contributed by atoms with Gasteiger partial charge in [0, 0.05) is 77.1 Å². The molecule has 2 heterocycles. The van der Waals surface area contributed by atoms with E-state index >= 15 is 0 Å². The summed E-state index contributed by atoms with van der Waals surface area (Å²) in [6.45, 7) is 7.98. The van der Waals surface area contributed by atoms with E-state index in [-0.39, 0.29) is 154 Å². The van der Waals surface area contributed by atoms with Crippen molar-refractivity contribution >= 4 is 80.6 Å². The van der Waals surface area contributed by atoms with Crippen molar-refractivity contribution in [3.05, 3.63) is 252 Å². The lowest BCUT2D eigenvalue weighted by Crippen LogP contribution is -2.49. The first kappa shape index (κ1) is 87.8. The second-order valence-corrected chi connectivity index (χ2v) is 28.4. The Labute approximate surface area is 686 Å². The van der Waals surface area contributed by atoms with Gasteiger partial charge in [0.25, 0.3) is 0 Å². The lowest BCUT2D eigenvalue weighted by atomic mass is 9.95. The smallest absolute Gasteiger partial charge is 0.305 e. The molecule has 10 aromatic rings. The zero-order valence-electron chi connectivity index (χ0n) is 66.6. The molecule has 0 radical (unpaired) electrons. The van der Waals surface area contributed by atoms with Crippen LogP contribution >= 0.6 is 0 Å². The number of hydrogen-bond donors (Lipinski definition) is 10. The molecule has 118 heavy (non-hydrogen) atoms. The summed E-state index contributed by atoms with van der Waals surface area (Å²) in [6.07, 6.45) is 4.06. The minimum Gasteiger partial charge on any atom is -0.491 e. The summed E-state index contributed by atoms with van der Waals surface area (Å²) >= 11 is 0. The van der Waals surface area contributed by atoms with Crippen molar-refractivity contribution in [1.29, 1.82) is 0 Å². The number of rotatable bonds is 51. The second-order valence-electron chi connectivity index (χ2n) is 28.4. The number of aromatic nitrogens is 2. The fraction of sp³-hybridized carbons (Fsp3) is 0.326. The number of nitrogens with one attached hydrogen (secondary N) is 8. The highest BCUT2D eigenvalue weighted by Crippen LogP contribution is 2.33. The lowest BCUT2D eigenvalue weighted by molar-refractivity contribution is -0.139. The molecular formula is C92H104N10O16. The molecule has 26 heteroatoms. The van der Waals surface area contributed by atoms with Crippen LogP contribution in [0.4, 0.5) is 11.6 Å². The van der Waals surface area contributed by atoms with Gasteiger partial charge in [0.1, 0.15) is 48.4 Å². The number of amides is 6. The van der Waals surface area contributed by atoms with Crippen LogP contribution in [0, 0.1) is 13.8 Å². The Kier molecular flexibility index (Phi) is 35.3. The highest BCUT2D eigenvalue weighted by Gasteiger charge is 2.29. The third-order valence-electron chi connectivity index (χ3n) is 19.3. The van der Waals surface area contributed by atoms with Crippen molar-refractivity contribution in [3.63, 3.8) is 0 Å². The van der Waals surface area contributed by atoms with Gasteiger partial charge < -0.3 is 81.2 Å². The summed E-state index contributed by atoms with van der Waals surface area (Å²) < 4.78 is 34.4. The number of carboxylic acid groups (broad SMARTS) is 2. The van der Waals surface area contributed by atoms with Crippen molar-refractivity contribution in [2.75, 3.05) is 103 Å². The van der Waals surface area contributed by atoms with Gasteiger partial charge >= 0.3 is 11.9 Å². The number of carbonyl (C=O) groups excluding carboxylic acids is 6. The average molecular weight is 1610 g/mol. The Morgan fingerprint density at radius 3 is 1.14 bits per heavy atom. The third kappa shape index (κ3) is 29.9. The van der Waals surface area contributed by atoms with Crippen LogP contribution in [-0.2, 0) is 70.1 Å². The molecule has 8 aromatic carbocycles. The zero-order valence-corrected chi connectivity index (χ0v) is 66.6. The van der Waals surface area contributed by atoms with Crippen LogP contribution in [0.2, 0.25) is 0 Å². The summed E-state index contributed by atoms with van der Waals surface area (Å²) in [5.74, 6) is -2.02. The Balaban J connectivity index is 0.563. The number of aliphatic carboxylic acids is 2. The molecule has 0 aliphatic rings. The lowest BCUT2D eigenvalue weighted by Gasteiger charge is -2.24. The van der Waals surface area contributed by atoms with Gasteiger partial charge in [-0.1, -0.05) is 158 Å². The molecule has 2 aromatic heterocycles. The molecule has 0 bridgehead atoms. The number of ether oxygens (including phenoxy) is 6. The highest BCUT2D eigenvalue weighted by molar-refractivity contribution is 5.98. The summed E-state index contributed by atoms with van der Waals surface area (Å²) in [5, 5.41) is 48.0. The first-order valence-corrected chi connectivity index (χ1v) is 39.9. The van der Waals surface area contributed by atoms with Crippen molar-refractivity contribution in [2.45, 2.75) is 102 Å². The molecule has 2 unspecified atom stereocenters. The maximum absolute atomic E-state index is 14.2. The molecule has 0 spiro atoms. The molecule has 0 aliphatic carbocycles. The van der Waals surface area contributed by atoms with Crippen molar-refractivity contribution in [3.8, 4) is 33.8 Å². The maximum Gasteiger partial charge on any atom is 0.305 e. The van der Waals surface area contributed by atoms with E-state index in [1.54, 1.807) is 60.9 Å². The van der Waals surface area contributed by atoms with Crippen molar-refractivity contribution < 1.29 is 77.0 Å². The summed E-state index contributed by atoms with van der Waals surface area (Å²) in [5.41, 5.74) is 8.68. The molecule has 0 aliphatic heterocycles.